The summed E-state index contributed by atoms with van der Waals surface area (Å²) in [6.45, 7) is 8.45. The van der Waals surface area contributed by atoms with E-state index < -0.39 is 0 Å². The largest absolute Gasteiger partial charge is 0.508 e. The first-order valence-electron chi connectivity index (χ1n) is 7.18. The fourth-order valence-electron chi connectivity index (χ4n) is 2.12. The van der Waals surface area contributed by atoms with Gasteiger partial charge in [-0.1, -0.05) is 19.8 Å². The average Bonchev–Trinajstić information content (AvgIpc) is 2.39. The number of hydrogen-bond acceptors (Lipinski definition) is 3. The molecular formula is C16H27NO2. The fraction of sp³-hybridized carbons (Fsp3) is 0.625. The lowest BCUT2D eigenvalue weighted by molar-refractivity contribution is 0.206. The van der Waals surface area contributed by atoms with Crippen molar-refractivity contribution in [2.45, 2.75) is 52.6 Å². The van der Waals surface area contributed by atoms with Gasteiger partial charge in [-0.2, -0.15) is 0 Å². The van der Waals surface area contributed by atoms with Crippen molar-refractivity contribution in [3.63, 3.8) is 0 Å². The molecular weight excluding hydrogens is 238 g/mol. The second-order valence-corrected chi connectivity index (χ2v) is 5.27. The second kappa shape index (κ2) is 8.05. The van der Waals surface area contributed by atoms with Crippen molar-refractivity contribution < 1.29 is 9.84 Å². The number of phenolic OH excluding ortho intramolecular Hbond substituents is 1. The number of benzene rings is 1. The summed E-state index contributed by atoms with van der Waals surface area (Å²) in [7, 11) is 1.65. The van der Waals surface area contributed by atoms with Gasteiger partial charge >= 0.3 is 0 Å². The summed E-state index contributed by atoms with van der Waals surface area (Å²) in [4.78, 5) is 2.39. The molecule has 0 unspecified atom stereocenters. The van der Waals surface area contributed by atoms with Crippen LogP contribution in [0.2, 0.25) is 0 Å². The van der Waals surface area contributed by atoms with Crippen LogP contribution < -0.4 is 4.74 Å². The fourth-order valence-corrected chi connectivity index (χ4v) is 2.12. The number of aromatic hydroxyl groups is 1. The summed E-state index contributed by atoms with van der Waals surface area (Å²) in [6, 6.07) is 5.89. The zero-order chi connectivity index (χ0) is 14.3. The molecule has 0 aromatic heterocycles. The Morgan fingerprint density at radius 1 is 1.26 bits per heavy atom. The summed E-state index contributed by atoms with van der Waals surface area (Å²) < 4.78 is 5.22. The Labute approximate surface area is 117 Å². The molecule has 3 nitrogen and oxygen atoms in total. The molecule has 3 heteroatoms. The SMILES string of the molecule is CCCCCN(Cc1cc(OC)ccc1O)C(C)C. The van der Waals surface area contributed by atoms with E-state index in [1.165, 1.54) is 19.3 Å². The maximum absolute atomic E-state index is 9.95. The third kappa shape index (κ3) is 5.11. The Bertz CT molecular complexity index is 377. The van der Waals surface area contributed by atoms with Crippen LogP contribution in [-0.2, 0) is 6.54 Å². The molecule has 0 saturated carbocycles. The van der Waals surface area contributed by atoms with Crippen molar-refractivity contribution in [3.8, 4) is 11.5 Å². The number of rotatable bonds is 8. The highest BCUT2D eigenvalue weighted by atomic mass is 16.5. The van der Waals surface area contributed by atoms with Gasteiger partial charge in [-0.25, -0.2) is 0 Å². The molecule has 0 spiro atoms. The summed E-state index contributed by atoms with van der Waals surface area (Å²) in [5.41, 5.74) is 0.935. The highest BCUT2D eigenvalue weighted by Crippen LogP contribution is 2.25. The number of phenols is 1. The van der Waals surface area contributed by atoms with Gasteiger partial charge in [0.1, 0.15) is 11.5 Å². The molecule has 1 aromatic rings. The van der Waals surface area contributed by atoms with Gasteiger partial charge in [0.15, 0.2) is 0 Å². The molecule has 0 radical (unpaired) electrons. The van der Waals surface area contributed by atoms with Gasteiger partial charge in [0.25, 0.3) is 0 Å². The maximum Gasteiger partial charge on any atom is 0.120 e. The van der Waals surface area contributed by atoms with Crippen LogP contribution >= 0.6 is 0 Å². The number of hydrogen-bond donors (Lipinski definition) is 1. The molecule has 19 heavy (non-hydrogen) atoms. The zero-order valence-corrected chi connectivity index (χ0v) is 12.6. The molecule has 0 aliphatic heterocycles. The van der Waals surface area contributed by atoms with Crippen LogP contribution in [0.25, 0.3) is 0 Å². The van der Waals surface area contributed by atoms with Crippen LogP contribution in [0.3, 0.4) is 0 Å². The number of ether oxygens (including phenoxy) is 1. The minimum Gasteiger partial charge on any atom is -0.508 e. The third-order valence-corrected chi connectivity index (χ3v) is 3.44. The Hall–Kier alpha value is -1.22. The highest BCUT2D eigenvalue weighted by molar-refractivity contribution is 5.39. The van der Waals surface area contributed by atoms with Crippen LogP contribution in [0.5, 0.6) is 11.5 Å². The minimum atomic E-state index is 0.349. The first-order chi connectivity index (χ1) is 9.08. The summed E-state index contributed by atoms with van der Waals surface area (Å²) in [5.74, 6) is 1.15. The third-order valence-electron chi connectivity index (χ3n) is 3.44. The molecule has 0 aliphatic carbocycles. The molecule has 0 bridgehead atoms. The lowest BCUT2D eigenvalue weighted by Crippen LogP contribution is -2.31. The molecule has 0 saturated heterocycles. The Morgan fingerprint density at radius 2 is 2.00 bits per heavy atom. The number of unbranched alkanes of at least 4 members (excludes halogenated alkanes) is 2. The molecule has 0 amide bonds. The van der Waals surface area contributed by atoms with E-state index in [4.69, 9.17) is 4.74 Å². The molecule has 1 aromatic carbocycles. The van der Waals surface area contributed by atoms with Gasteiger partial charge in [0.05, 0.1) is 7.11 Å². The second-order valence-electron chi connectivity index (χ2n) is 5.27. The quantitative estimate of drug-likeness (QED) is 0.726. The van der Waals surface area contributed by atoms with Gasteiger partial charge < -0.3 is 9.84 Å². The van der Waals surface area contributed by atoms with E-state index in [0.29, 0.717) is 11.8 Å². The standard InChI is InChI=1S/C16H27NO2/c1-5-6-7-10-17(13(2)3)12-14-11-15(19-4)8-9-16(14)18/h8-9,11,13,18H,5-7,10,12H2,1-4H3. The average molecular weight is 265 g/mol. The molecule has 0 heterocycles. The van der Waals surface area contributed by atoms with Gasteiger partial charge in [-0.05, 0) is 45.0 Å². The van der Waals surface area contributed by atoms with Crippen molar-refractivity contribution >= 4 is 0 Å². The minimum absolute atomic E-state index is 0.349. The molecule has 0 aliphatic rings. The topological polar surface area (TPSA) is 32.7 Å². The predicted molar refractivity (Wildman–Crippen MR) is 79.7 cm³/mol. The first kappa shape index (κ1) is 15.8. The van der Waals surface area contributed by atoms with Crippen molar-refractivity contribution in [1.82, 2.24) is 4.90 Å². The lowest BCUT2D eigenvalue weighted by Gasteiger charge is -2.27. The van der Waals surface area contributed by atoms with Crippen LogP contribution in [0.15, 0.2) is 18.2 Å². The first-order valence-corrected chi connectivity index (χ1v) is 7.18. The van der Waals surface area contributed by atoms with E-state index >= 15 is 0 Å². The zero-order valence-electron chi connectivity index (χ0n) is 12.6. The van der Waals surface area contributed by atoms with Gasteiger partial charge in [0.2, 0.25) is 0 Å². The molecule has 0 atom stereocenters. The van der Waals surface area contributed by atoms with Gasteiger partial charge in [0, 0.05) is 18.2 Å². The maximum atomic E-state index is 9.95. The lowest BCUT2D eigenvalue weighted by atomic mass is 10.1. The smallest absolute Gasteiger partial charge is 0.120 e. The number of nitrogens with zero attached hydrogens (tertiary/aromatic N) is 1. The van der Waals surface area contributed by atoms with E-state index in [-0.39, 0.29) is 0 Å². The molecule has 1 rings (SSSR count). The van der Waals surface area contributed by atoms with Crippen molar-refractivity contribution in [2.75, 3.05) is 13.7 Å². The summed E-state index contributed by atoms with van der Waals surface area (Å²) in [5, 5.41) is 9.95. The van der Waals surface area contributed by atoms with Crippen molar-refractivity contribution in [3.05, 3.63) is 23.8 Å². The Morgan fingerprint density at radius 3 is 2.58 bits per heavy atom. The van der Waals surface area contributed by atoms with E-state index in [9.17, 15) is 5.11 Å². The Kier molecular flexibility index (Phi) is 6.71. The highest BCUT2D eigenvalue weighted by Gasteiger charge is 2.12. The van der Waals surface area contributed by atoms with E-state index in [1.54, 1.807) is 19.2 Å². The van der Waals surface area contributed by atoms with E-state index in [1.807, 2.05) is 6.07 Å². The Balaban J connectivity index is 2.72. The van der Waals surface area contributed by atoms with Crippen molar-refractivity contribution in [2.24, 2.45) is 0 Å². The van der Waals surface area contributed by atoms with Crippen LogP contribution in [0.4, 0.5) is 0 Å². The van der Waals surface area contributed by atoms with E-state index in [2.05, 4.69) is 25.7 Å². The van der Waals surface area contributed by atoms with Crippen LogP contribution in [0, 0.1) is 0 Å². The monoisotopic (exact) mass is 265 g/mol. The van der Waals surface area contributed by atoms with Gasteiger partial charge in [-0.15, -0.1) is 0 Å². The van der Waals surface area contributed by atoms with E-state index in [0.717, 1.165) is 24.4 Å². The molecule has 108 valence electrons. The number of methoxy groups -OCH3 is 1. The summed E-state index contributed by atoms with van der Waals surface area (Å²) >= 11 is 0. The van der Waals surface area contributed by atoms with Gasteiger partial charge in [-0.3, -0.25) is 4.90 Å². The van der Waals surface area contributed by atoms with Crippen LogP contribution in [-0.4, -0.2) is 29.7 Å². The molecule has 0 fully saturated rings. The summed E-state index contributed by atoms with van der Waals surface area (Å²) in [6.07, 6.45) is 3.70. The molecule has 1 N–H and O–H groups in total. The van der Waals surface area contributed by atoms with Crippen LogP contribution in [0.1, 0.15) is 45.6 Å². The predicted octanol–water partition coefficient (Wildman–Crippen LogP) is 3.80. The van der Waals surface area contributed by atoms with Crippen molar-refractivity contribution in [1.29, 1.82) is 0 Å². The normalized spacial score (nSPS) is 11.3.